The van der Waals surface area contributed by atoms with Gasteiger partial charge in [-0.05, 0) is 63.1 Å². The Balaban J connectivity index is 1.98. The van der Waals surface area contributed by atoms with E-state index in [9.17, 15) is 19.8 Å². The summed E-state index contributed by atoms with van der Waals surface area (Å²) in [4.78, 5) is 28.4. The Kier molecular flexibility index (Phi) is 10.2. The first-order valence-corrected chi connectivity index (χ1v) is 11.6. The lowest BCUT2D eigenvalue weighted by molar-refractivity contribution is -0.170. The van der Waals surface area contributed by atoms with Crippen LogP contribution >= 0.6 is 0 Å². The van der Waals surface area contributed by atoms with E-state index >= 15 is 0 Å². The van der Waals surface area contributed by atoms with Crippen LogP contribution in [0.15, 0.2) is 48.5 Å². The minimum atomic E-state index is -1.43. The summed E-state index contributed by atoms with van der Waals surface area (Å²) in [5.41, 5.74) is 3.63. The lowest BCUT2D eigenvalue weighted by Crippen LogP contribution is -2.35. The van der Waals surface area contributed by atoms with Crippen molar-refractivity contribution in [2.45, 2.75) is 52.7 Å². The molecular formula is C26H36N2O5. The molecule has 0 aromatic heterocycles. The Hall–Kier alpha value is -3.06. The number of rotatable bonds is 13. The van der Waals surface area contributed by atoms with E-state index < -0.39 is 24.1 Å². The fourth-order valence-corrected chi connectivity index (χ4v) is 3.78. The van der Waals surface area contributed by atoms with Gasteiger partial charge in [0.1, 0.15) is 0 Å². The van der Waals surface area contributed by atoms with Crippen molar-refractivity contribution in [1.29, 1.82) is 0 Å². The van der Waals surface area contributed by atoms with E-state index in [4.69, 9.17) is 4.74 Å². The third-order valence-electron chi connectivity index (χ3n) is 5.79. The van der Waals surface area contributed by atoms with Gasteiger partial charge in [0, 0.05) is 50.4 Å². The number of ether oxygens (including phenoxy) is 1. The first kappa shape index (κ1) is 26.2. The van der Waals surface area contributed by atoms with Crippen LogP contribution in [0, 0.1) is 0 Å². The van der Waals surface area contributed by atoms with Crippen LogP contribution in [0.25, 0.3) is 0 Å². The van der Waals surface area contributed by atoms with E-state index in [1.165, 1.54) is 0 Å². The van der Waals surface area contributed by atoms with Crippen molar-refractivity contribution in [2.75, 3.05) is 36.0 Å². The summed E-state index contributed by atoms with van der Waals surface area (Å²) < 4.78 is 5.16. The molecule has 0 aliphatic rings. The van der Waals surface area contributed by atoms with Gasteiger partial charge in [0.15, 0.2) is 6.10 Å². The van der Waals surface area contributed by atoms with Gasteiger partial charge in [-0.25, -0.2) is 9.59 Å². The summed E-state index contributed by atoms with van der Waals surface area (Å²) in [5.74, 6) is -2.18. The van der Waals surface area contributed by atoms with E-state index in [0.717, 1.165) is 48.7 Å². The van der Waals surface area contributed by atoms with Crippen LogP contribution in [0.2, 0.25) is 0 Å². The second-order valence-corrected chi connectivity index (χ2v) is 7.87. The third kappa shape index (κ3) is 7.49. The Morgan fingerprint density at radius 3 is 1.52 bits per heavy atom. The van der Waals surface area contributed by atoms with Crippen molar-refractivity contribution in [1.82, 2.24) is 0 Å². The molecule has 0 spiro atoms. The Morgan fingerprint density at radius 2 is 1.15 bits per heavy atom. The number of anilines is 2. The molecule has 0 aliphatic heterocycles. The maximum atomic E-state index is 12.4. The summed E-state index contributed by atoms with van der Waals surface area (Å²) in [6.45, 7) is 11.8. The van der Waals surface area contributed by atoms with Crippen molar-refractivity contribution >= 4 is 23.3 Å². The molecule has 0 heterocycles. The minimum absolute atomic E-state index is 0.0326. The highest BCUT2D eigenvalue weighted by Gasteiger charge is 2.27. The quantitative estimate of drug-likeness (QED) is 0.446. The molecule has 0 radical (unpaired) electrons. The number of aliphatic carboxylic acids is 1. The molecule has 7 heteroatoms. The van der Waals surface area contributed by atoms with E-state index in [0.29, 0.717) is 0 Å². The van der Waals surface area contributed by atoms with E-state index in [1.807, 2.05) is 48.5 Å². The molecule has 0 amide bonds. The van der Waals surface area contributed by atoms with E-state index in [-0.39, 0.29) is 12.8 Å². The summed E-state index contributed by atoms with van der Waals surface area (Å²) in [5, 5.41) is 19.8. The molecule has 2 rings (SSSR count). The second-order valence-electron chi connectivity index (χ2n) is 7.87. The predicted octanol–water partition coefficient (Wildman–Crippen LogP) is 3.52. The molecule has 2 aromatic carbocycles. The van der Waals surface area contributed by atoms with Gasteiger partial charge >= 0.3 is 11.9 Å². The number of hydrogen-bond donors (Lipinski definition) is 2. The number of carbonyl (C=O) groups excluding carboxylic acids is 1. The topological polar surface area (TPSA) is 90.3 Å². The van der Waals surface area contributed by atoms with Crippen LogP contribution in [0.5, 0.6) is 0 Å². The normalized spacial score (nSPS) is 12.6. The molecule has 0 saturated heterocycles. The number of carbonyl (C=O) groups is 2. The van der Waals surface area contributed by atoms with Gasteiger partial charge in [-0.2, -0.15) is 0 Å². The fraction of sp³-hybridized carbons (Fsp3) is 0.462. The Morgan fingerprint density at radius 1 is 0.758 bits per heavy atom. The number of esters is 1. The van der Waals surface area contributed by atoms with Crippen molar-refractivity contribution in [3.05, 3.63) is 59.7 Å². The van der Waals surface area contributed by atoms with Crippen molar-refractivity contribution in [3.63, 3.8) is 0 Å². The second kappa shape index (κ2) is 12.8. The summed E-state index contributed by atoms with van der Waals surface area (Å²) >= 11 is 0. The third-order valence-corrected chi connectivity index (χ3v) is 5.79. The number of benzene rings is 2. The minimum Gasteiger partial charge on any atom is -0.478 e. The fourth-order valence-electron chi connectivity index (χ4n) is 3.78. The lowest BCUT2D eigenvalue weighted by atomic mass is 10.1. The summed E-state index contributed by atoms with van der Waals surface area (Å²) in [6, 6.07) is 15.1. The van der Waals surface area contributed by atoms with Crippen molar-refractivity contribution in [3.8, 4) is 0 Å². The molecule has 0 saturated carbocycles. The van der Waals surface area contributed by atoms with Gasteiger partial charge < -0.3 is 24.7 Å². The largest absolute Gasteiger partial charge is 0.478 e. The summed E-state index contributed by atoms with van der Waals surface area (Å²) in [7, 11) is 0. The lowest BCUT2D eigenvalue weighted by Gasteiger charge is -2.22. The van der Waals surface area contributed by atoms with Crippen LogP contribution in [0.3, 0.4) is 0 Å². The average molecular weight is 457 g/mol. The van der Waals surface area contributed by atoms with Gasteiger partial charge in [0.2, 0.25) is 6.10 Å². The zero-order valence-electron chi connectivity index (χ0n) is 20.0. The summed E-state index contributed by atoms with van der Waals surface area (Å²) in [6.07, 6.45) is -2.71. The first-order valence-electron chi connectivity index (χ1n) is 11.6. The number of nitrogens with zero attached hydrogens (tertiary/aromatic N) is 2. The van der Waals surface area contributed by atoms with Crippen LogP contribution in [-0.4, -0.2) is 60.5 Å². The van der Waals surface area contributed by atoms with E-state index in [1.54, 1.807) is 0 Å². The van der Waals surface area contributed by atoms with Crippen LogP contribution in [0.4, 0.5) is 11.4 Å². The number of carboxylic acid groups (broad SMARTS) is 1. The maximum absolute atomic E-state index is 12.4. The van der Waals surface area contributed by atoms with Gasteiger partial charge in [0.05, 0.1) is 0 Å². The molecule has 7 nitrogen and oxygen atoms in total. The number of carboxylic acids is 1. The highest BCUT2D eigenvalue weighted by atomic mass is 16.6. The van der Waals surface area contributed by atoms with Gasteiger partial charge in [-0.3, -0.25) is 0 Å². The average Bonchev–Trinajstić information content (AvgIpc) is 2.82. The van der Waals surface area contributed by atoms with Crippen molar-refractivity contribution in [2.24, 2.45) is 0 Å². The van der Waals surface area contributed by atoms with Crippen molar-refractivity contribution < 1.29 is 24.5 Å². The molecule has 2 aromatic rings. The maximum Gasteiger partial charge on any atom is 0.345 e. The van der Waals surface area contributed by atoms with Crippen LogP contribution in [-0.2, 0) is 27.2 Å². The molecule has 33 heavy (non-hydrogen) atoms. The predicted molar refractivity (Wildman–Crippen MR) is 131 cm³/mol. The molecule has 0 fully saturated rings. The molecule has 180 valence electrons. The molecule has 2 atom stereocenters. The zero-order chi connectivity index (χ0) is 24.4. The molecule has 0 aliphatic carbocycles. The number of hydrogen-bond acceptors (Lipinski definition) is 6. The number of aliphatic hydroxyl groups excluding tert-OH is 1. The first-order chi connectivity index (χ1) is 15.8. The van der Waals surface area contributed by atoms with Gasteiger partial charge in [-0.15, -0.1) is 0 Å². The van der Waals surface area contributed by atoms with Gasteiger partial charge in [-0.1, -0.05) is 24.3 Å². The van der Waals surface area contributed by atoms with Gasteiger partial charge in [0.25, 0.3) is 0 Å². The monoisotopic (exact) mass is 456 g/mol. The van der Waals surface area contributed by atoms with E-state index in [2.05, 4.69) is 37.5 Å². The Bertz CT molecular complexity index is 875. The molecule has 2 unspecified atom stereocenters. The smallest absolute Gasteiger partial charge is 0.345 e. The van der Waals surface area contributed by atoms with Crippen LogP contribution < -0.4 is 9.80 Å². The molecule has 2 N–H and O–H groups in total. The number of aliphatic hydroxyl groups is 1. The Labute approximate surface area is 196 Å². The van der Waals surface area contributed by atoms with Crippen LogP contribution in [0.1, 0.15) is 38.8 Å². The SMILES string of the molecule is CCN(CC)c1ccc(CC(O)C(=O)OC(Cc2ccc(N(CC)CC)cc2)C(=O)O)cc1. The molecular weight excluding hydrogens is 420 g/mol. The standard InChI is InChI=1S/C26H36N2O5/c1-5-27(6-2)21-13-9-19(10-14-21)17-23(29)26(32)33-24(25(30)31)18-20-11-15-22(16-12-20)28(7-3)8-4/h9-16,23-24,29H,5-8,17-18H2,1-4H3,(H,30,31). The highest BCUT2D eigenvalue weighted by Crippen LogP contribution is 2.18. The zero-order valence-corrected chi connectivity index (χ0v) is 20.0. The highest BCUT2D eigenvalue weighted by molar-refractivity contribution is 5.80. The molecule has 0 bridgehead atoms.